The monoisotopic (exact) mass is 400 g/mol. The zero-order valence-electron chi connectivity index (χ0n) is 15.7. The Morgan fingerprint density at radius 1 is 0.893 bits per heavy atom. The third kappa shape index (κ3) is 6.02. The topological polar surface area (TPSA) is 57.2 Å². The summed E-state index contributed by atoms with van der Waals surface area (Å²) in [5.41, 5.74) is 0.444. The first-order valence-corrected chi connectivity index (χ1v) is 8.47. The SMILES string of the molecule is COCOCc1ccc(COCOC)c([C@@H](O)c2ccccc2C(F)(F)F)c1. The van der Waals surface area contributed by atoms with Crippen LogP contribution in [-0.4, -0.2) is 32.9 Å². The molecule has 0 bridgehead atoms. The predicted molar refractivity (Wildman–Crippen MR) is 95.3 cm³/mol. The van der Waals surface area contributed by atoms with E-state index >= 15 is 0 Å². The van der Waals surface area contributed by atoms with Crippen LogP contribution in [0, 0.1) is 0 Å². The Kier molecular flexibility index (Phi) is 8.40. The van der Waals surface area contributed by atoms with Crippen LogP contribution in [0.2, 0.25) is 0 Å². The highest BCUT2D eigenvalue weighted by Crippen LogP contribution is 2.37. The smallest absolute Gasteiger partial charge is 0.384 e. The van der Waals surface area contributed by atoms with Crippen LogP contribution in [0.4, 0.5) is 13.2 Å². The number of halogens is 3. The summed E-state index contributed by atoms with van der Waals surface area (Å²) < 4.78 is 60.4. The van der Waals surface area contributed by atoms with Gasteiger partial charge < -0.3 is 24.1 Å². The molecule has 2 rings (SSSR count). The van der Waals surface area contributed by atoms with Gasteiger partial charge in [0.2, 0.25) is 0 Å². The summed E-state index contributed by atoms with van der Waals surface area (Å²) in [6, 6.07) is 10.0. The van der Waals surface area contributed by atoms with Gasteiger partial charge in [0.1, 0.15) is 19.7 Å². The number of alkyl halides is 3. The molecule has 2 aromatic carbocycles. The first-order valence-electron chi connectivity index (χ1n) is 8.47. The summed E-state index contributed by atoms with van der Waals surface area (Å²) in [4.78, 5) is 0. The van der Waals surface area contributed by atoms with E-state index in [2.05, 4.69) is 0 Å². The van der Waals surface area contributed by atoms with Gasteiger partial charge >= 0.3 is 6.18 Å². The van der Waals surface area contributed by atoms with Crippen molar-refractivity contribution in [2.45, 2.75) is 25.5 Å². The molecule has 0 saturated carbocycles. The van der Waals surface area contributed by atoms with E-state index in [0.29, 0.717) is 16.7 Å². The largest absolute Gasteiger partial charge is 0.416 e. The Bertz CT molecular complexity index is 749. The summed E-state index contributed by atoms with van der Waals surface area (Å²) in [6.07, 6.45) is -6.06. The van der Waals surface area contributed by atoms with Crippen molar-refractivity contribution in [3.05, 3.63) is 70.3 Å². The number of rotatable bonds is 10. The number of aliphatic hydroxyl groups excluding tert-OH is 1. The molecule has 2 aromatic rings. The lowest BCUT2D eigenvalue weighted by Crippen LogP contribution is -2.14. The summed E-state index contributed by atoms with van der Waals surface area (Å²) >= 11 is 0. The molecule has 0 aliphatic heterocycles. The highest BCUT2D eigenvalue weighted by atomic mass is 19.4. The molecule has 0 aliphatic rings. The minimum atomic E-state index is -4.58. The van der Waals surface area contributed by atoms with Crippen LogP contribution in [-0.2, 0) is 38.3 Å². The molecule has 0 radical (unpaired) electrons. The lowest BCUT2D eigenvalue weighted by atomic mass is 9.92. The molecular weight excluding hydrogens is 377 g/mol. The number of hydrogen-bond donors (Lipinski definition) is 1. The maximum absolute atomic E-state index is 13.4. The molecule has 8 heteroatoms. The van der Waals surface area contributed by atoms with E-state index < -0.39 is 17.8 Å². The van der Waals surface area contributed by atoms with E-state index in [9.17, 15) is 18.3 Å². The van der Waals surface area contributed by atoms with E-state index in [0.717, 1.165) is 6.07 Å². The molecular formula is C20H23F3O5. The lowest BCUT2D eigenvalue weighted by Gasteiger charge is -2.21. The van der Waals surface area contributed by atoms with E-state index in [1.54, 1.807) is 18.2 Å². The molecule has 0 aromatic heterocycles. The summed E-state index contributed by atoms with van der Waals surface area (Å²) in [5.74, 6) is 0. The van der Waals surface area contributed by atoms with Crippen LogP contribution < -0.4 is 0 Å². The van der Waals surface area contributed by atoms with Crippen molar-refractivity contribution in [3.63, 3.8) is 0 Å². The molecule has 0 amide bonds. The van der Waals surface area contributed by atoms with Crippen LogP contribution in [0.5, 0.6) is 0 Å². The average Bonchev–Trinajstić information content (AvgIpc) is 2.68. The van der Waals surface area contributed by atoms with Gasteiger partial charge in [0.15, 0.2) is 0 Å². The Balaban J connectivity index is 2.40. The Hall–Kier alpha value is -1.97. The fraction of sp³-hybridized carbons (Fsp3) is 0.400. The number of ether oxygens (including phenoxy) is 4. The summed E-state index contributed by atoms with van der Waals surface area (Å²) in [6.45, 7) is 0.363. The van der Waals surface area contributed by atoms with Gasteiger partial charge in [0.25, 0.3) is 0 Å². The second kappa shape index (κ2) is 10.5. The van der Waals surface area contributed by atoms with Crippen molar-refractivity contribution in [2.24, 2.45) is 0 Å². The zero-order chi connectivity index (χ0) is 20.6. The van der Waals surface area contributed by atoms with Crippen molar-refractivity contribution < 1.29 is 37.2 Å². The van der Waals surface area contributed by atoms with Crippen LogP contribution >= 0.6 is 0 Å². The molecule has 1 atom stereocenters. The van der Waals surface area contributed by atoms with Crippen molar-refractivity contribution in [1.82, 2.24) is 0 Å². The second-order valence-corrected chi connectivity index (χ2v) is 6.03. The molecule has 5 nitrogen and oxygen atoms in total. The van der Waals surface area contributed by atoms with Gasteiger partial charge in [0.05, 0.1) is 18.8 Å². The van der Waals surface area contributed by atoms with E-state index in [1.165, 1.54) is 32.4 Å². The van der Waals surface area contributed by atoms with Gasteiger partial charge in [-0.1, -0.05) is 36.4 Å². The van der Waals surface area contributed by atoms with Gasteiger partial charge in [0, 0.05) is 14.2 Å². The quantitative estimate of drug-likeness (QED) is 0.482. The van der Waals surface area contributed by atoms with Crippen LogP contribution in [0.25, 0.3) is 0 Å². The molecule has 0 saturated heterocycles. The van der Waals surface area contributed by atoms with Crippen LogP contribution in [0.3, 0.4) is 0 Å². The van der Waals surface area contributed by atoms with Crippen molar-refractivity contribution >= 4 is 0 Å². The molecule has 1 N–H and O–H groups in total. The molecule has 28 heavy (non-hydrogen) atoms. The number of benzene rings is 2. The van der Waals surface area contributed by atoms with E-state index in [1.807, 2.05) is 0 Å². The Morgan fingerprint density at radius 2 is 1.54 bits per heavy atom. The third-order valence-corrected chi connectivity index (χ3v) is 3.99. The average molecular weight is 400 g/mol. The summed E-state index contributed by atoms with van der Waals surface area (Å²) in [7, 11) is 2.95. The number of methoxy groups -OCH3 is 2. The zero-order valence-corrected chi connectivity index (χ0v) is 15.7. The van der Waals surface area contributed by atoms with Crippen molar-refractivity contribution in [1.29, 1.82) is 0 Å². The molecule has 0 unspecified atom stereocenters. The minimum Gasteiger partial charge on any atom is -0.384 e. The second-order valence-electron chi connectivity index (χ2n) is 6.03. The van der Waals surface area contributed by atoms with Gasteiger partial charge in [-0.25, -0.2) is 0 Å². The standard InChI is InChI=1S/C20H23F3O5/c1-25-12-27-10-14-7-8-15(11-28-13-26-2)17(9-14)19(24)16-5-3-4-6-18(16)20(21,22)23/h3-9,19,24H,10-13H2,1-2H3/t19-/m0/s1. The lowest BCUT2D eigenvalue weighted by molar-refractivity contribution is -0.139. The van der Waals surface area contributed by atoms with E-state index in [4.69, 9.17) is 18.9 Å². The highest BCUT2D eigenvalue weighted by Gasteiger charge is 2.35. The molecule has 0 aliphatic carbocycles. The molecule has 154 valence electrons. The number of aliphatic hydroxyl groups is 1. The van der Waals surface area contributed by atoms with Gasteiger partial charge in [-0.3, -0.25) is 0 Å². The highest BCUT2D eigenvalue weighted by molar-refractivity contribution is 5.42. The molecule has 0 spiro atoms. The Labute approximate surface area is 161 Å². The molecule has 0 heterocycles. The minimum absolute atomic E-state index is 0.0212. The maximum atomic E-state index is 13.4. The third-order valence-electron chi connectivity index (χ3n) is 3.99. The molecule has 0 fully saturated rings. The maximum Gasteiger partial charge on any atom is 0.416 e. The van der Waals surface area contributed by atoms with Crippen LogP contribution in [0.1, 0.15) is 33.9 Å². The fourth-order valence-corrected chi connectivity index (χ4v) is 2.76. The fourth-order valence-electron chi connectivity index (χ4n) is 2.76. The van der Waals surface area contributed by atoms with Crippen molar-refractivity contribution in [2.75, 3.05) is 27.8 Å². The number of hydrogen-bond acceptors (Lipinski definition) is 5. The summed E-state index contributed by atoms with van der Waals surface area (Å²) in [5, 5.41) is 10.8. The van der Waals surface area contributed by atoms with Gasteiger partial charge in [-0.05, 0) is 28.3 Å². The predicted octanol–water partition coefficient (Wildman–Crippen LogP) is 4.03. The normalized spacial score (nSPS) is 12.9. The first kappa shape index (κ1) is 22.3. The van der Waals surface area contributed by atoms with Gasteiger partial charge in [-0.15, -0.1) is 0 Å². The van der Waals surface area contributed by atoms with Crippen molar-refractivity contribution in [3.8, 4) is 0 Å². The first-order chi connectivity index (χ1) is 13.4. The van der Waals surface area contributed by atoms with Gasteiger partial charge in [-0.2, -0.15) is 13.2 Å². The van der Waals surface area contributed by atoms with E-state index in [-0.39, 0.29) is 32.4 Å². The van der Waals surface area contributed by atoms with Crippen LogP contribution in [0.15, 0.2) is 42.5 Å². The Morgan fingerprint density at radius 3 is 2.18 bits per heavy atom.